The molecule has 2 aromatic rings. The van der Waals surface area contributed by atoms with E-state index in [1.54, 1.807) is 11.8 Å². The molecule has 1 atom stereocenters. The molecule has 0 saturated heterocycles. The first kappa shape index (κ1) is 13.7. The minimum atomic E-state index is -0.275. The van der Waals surface area contributed by atoms with Gasteiger partial charge in [0, 0.05) is 17.2 Å². The van der Waals surface area contributed by atoms with Crippen LogP contribution in [0.25, 0.3) is 0 Å². The Morgan fingerprint density at radius 1 is 1.05 bits per heavy atom. The Balaban J connectivity index is 2.34. The first-order chi connectivity index (χ1) is 9.20. The summed E-state index contributed by atoms with van der Waals surface area (Å²) in [6.07, 6.45) is 2.38. The minimum Gasteiger partial charge on any atom is -0.370 e. The van der Waals surface area contributed by atoms with Crippen LogP contribution in [-0.4, -0.2) is 12.2 Å². The molecule has 0 fully saturated rings. The largest absolute Gasteiger partial charge is 0.370 e. The highest BCUT2D eigenvalue weighted by Gasteiger charge is 2.16. The molecule has 2 nitrogen and oxygen atoms in total. The molecule has 0 unspecified atom stereocenters. The number of rotatable bonds is 5. The van der Waals surface area contributed by atoms with Crippen LogP contribution in [0.2, 0.25) is 0 Å². The van der Waals surface area contributed by atoms with Crippen molar-refractivity contribution in [3.63, 3.8) is 0 Å². The van der Waals surface area contributed by atoms with Gasteiger partial charge in [-0.3, -0.25) is 4.79 Å². The van der Waals surface area contributed by atoms with Gasteiger partial charge in [-0.1, -0.05) is 42.5 Å². The quantitative estimate of drug-likeness (QED) is 0.847. The van der Waals surface area contributed by atoms with E-state index in [1.165, 1.54) is 4.90 Å². The molecule has 0 aliphatic rings. The summed E-state index contributed by atoms with van der Waals surface area (Å²) in [4.78, 5) is 12.5. The lowest BCUT2D eigenvalue weighted by atomic mass is 9.88. The van der Waals surface area contributed by atoms with Crippen molar-refractivity contribution >= 4 is 17.7 Å². The summed E-state index contributed by atoms with van der Waals surface area (Å²) in [6.45, 7) is 0. The molecule has 0 radical (unpaired) electrons. The summed E-state index contributed by atoms with van der Waals surface area (Å²) >= 11 is 1.71. The van der Waals surface area contributed by atoms with E-state index in [0.29, 0.717) is 6.42 Å². The lowest BCUT2D eigenvalue weighted by Gasteiger charge is -2.16. The van der Waals surface area contributed by atoms with Gasteiger partial charge in [0.15, 0.2) is 0 Å². The lowest BCUT2D eigenvalue weighted by Crippen LogP contribution is -2.16. The summed E-state index contributed by atoms with van der Waals surface area (Å²) in [5, 5.41) is 0. The Labute approximate surface area is 118 Å². The number of thioether (sulfide) groups is 1. The number of carbonyl (C=O) groups is 1. The highest BCUT2D eigenvalue weighted by molar-refractivity contribution is 7.98. The zero-order chi connectivity index (χ0) is 13.7. The smallest absolute Gasteiger partial charge is 0.218 e. The Kier molecular flexibility index (Phi) is 4.63. The summed E-state index contributed by atoms with van der Waals surface area (Å²) in [5.74, 6) is -0.239. The second-order valence-electron chi connectivity index (χ2n) is 4.41. The van der Waals surface area contributed by atoms with Crippen LogP contribution in [-0.2, 0) is 4.79 Å². The van der Waals surface area contributed by atoms with Crippen LogP contribution < -0.4 is 5.73 Å². The van der Waals surface area contributed by atoms with E-state index in [9.17, 15) is 4.79 Å². The number of carbonyl (C=O) groups excluding carboxylic acids is 1. The fourth-order valence-electron chi connectivity index (χ4n) is 2.15. The van der Waals surface area contributed by atoms with Gasteiger partial charge < -0.3 is 5.73 Å². The van der Waals surface area contributed by atoms with E-state index >= 15 is 0 Å². The van der Waals surface area contributed by atoms with Gasteiger partial charge in [-0.25, -0.2) is 0 Å². The number of hydrogen-bond donors (Lipinski definition) is 1. The molecule has 0 aliphatic carbocycles. The minimum absolute atomic E-state index is 0.0367. The van der Waals surface area contributed by atoms with Crippen LogP contribution in [0.15, 0.2) is 59.5 Å². The Bertz CT molecular complexity index is 536. The third-order valence-corrected chi connectivity index (χ3v) is 3.87. The SMILES string of the molecule is CSc1ccc([C@H](CC(N)=O)c2ccccc2)cc1. The van der Waals surface area contributed by atoms with Crippen molar-refractivity contribution in [3.8, 4) is 0 Å². The zero-order valence-corrected chi connectivity index (χ0v) is 11.7. The molecular weight excluding hydrogens is 254 g/mol. The van der Waals surface area contributed by atoms with Gasteiger partial charge in [0.05, 0.1) is 0 Å². The average molecular weight is 271 g/mol. The van der Waals surface area contributed by atoms with Crippen LogP contribution >= 0.6 is 11.8 Å². The molecule has 0 spiro atoms. The van der Waals surface area contributed by atoms with Crippen LogP contribution in [0.5, 0.6) is 0 Å². The van der Waals surface area contributed by atoms with Gasteiger partial charge >= 0.3 is 0 Å². The highest BCUT2D eigenvalue weighted by atomic mass is 32.2. The van der Waals surface area contributed by atoms with Gasteiger partial charge in [0.1, 0.15) is 0 Å². The number of primary amides is 1. The van der Waals surface area contributed by atoms with Crippen molar-refractivity contribution in [2.24, 2.45) is 5.73 Å². The molecule has 1 amide bonds. The van der Waals surface area contributed by atoms with Crippen molar-refractivity contribution in [1.82, 2.24) is 0 Å². The maximum atomic E-state index is 11.3. The molecule has 98 valence electrons. The number of nitrogens with two attached hydrogens (primary N) is 1. The second kappa shape index (κ2) is 6.43. The van der Waals surface area contributed by atoms with Crippen molar-refractivity contribution in [2.75, 3.05) is 6.26 Å². The van der Waals surface area contributed by atoms with Gasteiger partial charge in [-0.15, -0.1) is 11.8 Å². The fourth-order valence-corrected chi connectivity index (χ4v) is 2.56. The molecule has 0 heterocycles. The standard InChI is InChI=1S/C16H17NOS/c1-19-14-9-7-13(8-10-14)15(11-16(17)18)12-5-3-2-4-6-12/h2-10,15H,11H2,1H3,(H2,17,18)/t15-/m1/s1. The van der Waals surface area contributed by atoms with Gasteiger partial charge in [-0.05, 0) is 29.5 Å². The van der Waals surface area contributed by atoms with Crippen LogP contribution in [0.4, 0.5) is 0 Å². The predicted octanol–water partition coefficient (Wildman–Crippen LogP) is 3.42. The van der Waals surface area contributed by atoms with E-state index < -0.39 is 0 Å². The van der Waals surface area contributed by atoms with Crippen molar-refractivity contribution < 1.29 is 4.79 Å². The Hall–Kier alpha value is -1.74. The van der Waals surface area contributed by atoms with Crippen LogP contribution in [0, 0.1) is 0 Å². The second-order valence-corrected chi connectivity index (χ2v) is 5.29. The van der Waals surface area contributed by atoms with Crippen LogP contribution in [0.3, 0.4) is 0 Å². The third-order valence-electron chi connectivity index (χ3n) is 3.13. The zero-order valence-electron chi connectivity index (χ0n) is 10.9. The Morgan fingerprint density at radius 2 is 1.63 bits per heavy atom. The fraction of sp³-hybridized carbons (Fsp3) is 0.188. The maximum absolute atomic E-state index is 11.3. The van der Waals surface area contributed by atoms with Gasteiger partial charge in [-0.2, -0.15) is 0 Å². The summed E-state index contributed by atoms with van der Waals surface area (Å²) in [5.41, 5.74) is 7.63. The first-order valence-electron chi connectivity index (χ1n) is 6.18. The molecule has 19 heavy (non-hydrogen) atoms. The van der Waals surface area contributed by atoms with E-state index in [-0.39, 0.29) is 11.8 Å². The predicted molar refractivity (Wildman–Crippen MR) is 80.3 cm³/mol. The van der Waals surface area contributed by atoms with Crippen molar-refractivity contribution in [2.45, 2.75) is 17.2 Å². The van der Waals surface area contributed by atoms with E-state index in [2.05, 4.69) is 24.3 Å². The van der Waals surface area contributed by atoms with Gasteiger partial charge in [0.25, 0.3) is 0 Å². The summed E-state index contributed by atoms with van der Waals surface area (Å²) in [7, 11) is 0. The first-order valence-corrected chi connectivity index (χ1v) is 7.40. The molecule has 0 bridgehead atoms. The van der Waals surface area contributed by atoms with E-state index in [4.69, 9.17) is 5.73 Å². The maximum Gasteiger partial charge on any atom is 0.218 e. The molecule has 0 aliphatic heterocycles. The molecule has 3 heteroatoms. The molecule has 2 aromatic carbocycles. The summed E-state index contributed by atoms with van der Waals surface area (Å²) < 4.78 is 0. The number of hydrogen-bond acceptors (Lipinski definition) is 2. The number of benzene rings is 2. The molecule has 2 rings (SSSR count). The third kappa shape index (κ3) is 3.61. The lowest BCUT2D eigenvalue weighted by molar-refractivity contribution is -0.118. The molecule has 2 N–H and O–H groups in total. The normalized spacial score (nSPS) is 12.1. The van der Waals surface area contributed by atoms with E-state index in [0.717, 1.165) is 11.1 Å². The van der Waals surface area contributed by atoms with E-state index in [1.807, 2.05) is 36.6 Å². The molecular formula is C16H17NOS. The molecule has 0 saturated carbocycles. The Morgan fingerprint density at radius 3 is 2.16 bits per heavy atom. The van der Waals surface area contributed by atoms with Gasteiger partial charge in [0.2, 0.25) is 5.91 Å². The van der Waals surface area contributed by atoms with Crippen molar-refractivity contribution in [1.29, 1.82) is 0 Å². The number of amides is 1. The summed E-state index contributed by atoms with van der Waals surface area (Å²) in [6, 6.07) is 18.3. The highest BCUT2D eigenvalue weighted by Crippen LogP contribution is 2.29. The van der Waals surface area contributed by atoms with Crippen LogP contribution in [0.1, 0.15) is 23.5 Å². The average Bonchev–Trinajstić information content (AvgIpc) is 2.46. The van der Waals surface area contributed by atoms with Crippen molar-refractivity contribution in [3.05, 3.63) is 65.7 Å². The topological polar surface area (TPSA) is 43.1 Å². The molecule has 0 aromatic heterocycles. The monoisotopic (exact) mass is 271 g/mol.